The summed E-state index contributed by atoms with van der Waals surface area (Å²) in [5, 5.41) is 11.1. The first-order valence-electron chi connectivity index (χ1n) is 10.7. The van der Waals surface area contributed by atoms with Crippen LogP contribution in [0.25, 0.3) is 5.65 Å². The lowest BCUT2D eigenvalue weighted by Gasteiger charge is -2.30. The molecular weight excluding hydrogens is 414 g/mol. The van der Waals surface area contributed by atoms with Gasteiger partial charge in [-0.1, -0.05) is 12.1 Å². The highest BCUT2D eigenvalue weighted by Gasteiger charge is 2.32. The molecule has 162 valence electrons. The van der Waals surface area contributed by atoms with Crippen LogP contribution in [0.5, 0.6) is 0 Å². The van der Waals surface area contributed by atoms with Gasteiger partial charge in [0.15, 0.2) is 11.5 Å². The summed E-state index contributed by atoms with van der Waals surface area (Å²) in [4.78, 5) is 13.0. The Labute approximate surface area is 181 Å². The van der Waals surface area contributed by atoms with Gasteiger partial charge in [-0.05, 0) is 67.5 Å². The largest absolute Gasteiger partial charge is 0.349 e. The molecule has 8 nitrogen and oxygen atoms in total. The van der Waals surface area contributed by atoms with Crippen LogP contribution in [0.15, 0.2) is 47.5 Å². The van der Waals surface area contributed by atoms with Gasteiger partial charge in [0.2, 0.25) is 15.9 Å². The van der Waals surface area contributed by atoms with E-state index >= 15 is 0 Å². The van der Waals surface area contributed by atoms with Crippen molar-refractivity contribution in [2.75, 3.05) is 13.1 Å². The van der Waals surface area contributed by atoms with Gasteiger partial charge in [-0.15, -0.1) is 10.2 Å². The molecule has 1 saturated heterocycles. The molecule has 0 unspecified atom stereocenters. The average molecular weight is 440 g/mol. The predicted octanol–water partition coefficient (Wildman–Crippen LogP) is 1.94. The van der Waals surface area contributed by atoms with Gasteiger partial charge in [-0.3, -0.25) is 9.20 Å². The Morgan fingerprint density at radius 1 is 1.06 bits per heavy atom. The minimum Gasteiger partial charge on any atom is -0.349 e. The number of nitrogens with zero attached hydrogens (tertiary/aromatic N) is 4. The van der Waals surface area contributed by atoms with E-state index in [0.29, 0.717) is 36.7 Å². The van der Waals surface area contributed by atoms with Crippen molar-refractivity contribution in [3.63, 3.8) is 0 Å². The van der Waals surface area contributed by atoms with Gasteiger partial charge < -0.3 is 5.32 Å². The van der Waals surface area contributed by atoms with Crippen LogP contribution in [0.1, 0.15) is 36.2 Å². The van der Waals surface area contributed by atoms with Gasteiger partial charge in [0.1, 0.15) is 0 Å². The molecule has 1 N–H and O–H groups in total. The van der Waals surface area contributed by atoms with Crippen LogP contribution in [0.4, 0.5) is 0 Å². The summed E-state index contributed by atoms with van der Waals surface area (Å²) in [6.45, 7) is 0.994. The molecule has 0 saturated carbocycles. The Morgan fingerprint density at radius 2 is 1.87 bits per heavy atom. The zero-order valence-electron chi connectivity index (χ0n) is 17.2. The molecular formula is C22H25N5O3S. The van der Waals surface area contributed by atoms with Crippen molar-refractivity contribution in [3.05, 3.63) is 59.5 Å². The molecule has 0 radical (unpaired) electrons. The summed E-state index contributed by atoms with van der Waals surface area (Å²) in [6.07, 6.45) is 5.94. The van der Waals surface area contributed by atoms with Crippen molar-refractivity contribution < 1.29 is 13.2 Å². The van der Waals surface area contributed by atoms with Crippen LogP contribution >= 0.6 is 0 Å². The summed E-state index contributed by atoms with van der Waals surface area (Å²) in [6, 6.07) is 11.1. The van der Waals surface area contributed by atoms with E-state index < -0.39 is 10.0 Å². The molecule has 9 heteroatoms. The Morgan fingerprint density at radius 3 is 2.71 bits per heavy atom. The number of rotatable bonds is 5. The molecule has 2 aromatic heterocycles. The van der Waals surface area contributed by atoms with Gasteiger partial charge in [0, 0.05) is 25.2 Å². The third kappa shape index (κ3) is 3.83. The number of carbonyl (C=O) groups excluding carboxylic acids is 1. The quantitative estimate of drug-likeness (QED) is 0.655. The first kappa shape index (κ1) is 20.1. The number of aryl methyl sites for hydroxylation is 2. The lowest BCUT2D eigenvalue weighted by molar-refractivity contribution is -0.126. The number of fused-ring (bicyclic) bond motifs is 2. The van der Waals surface area contributed by atoms with Crippen molar-refractivity contribution in [1.82, 2.24) is 24.2 Å². The third-order valence-corrected chi connectivity index (χ3v) is 8.23. The lowest BCUT2D eigenvalue weighted by atomic mass is 9.97. The number of nitrogens with one attached hydrogen (secondary N) is 1. The highest BCUT2D eigenvalue weighted by Crippen LogP contribution is 2.28. The minimum atomic E-state index is -3.52. The Bertz CT molecular complexity index is 1230. The van der Waals surface area contributed by atoms with Crippen molar-refractivity contribution in [2.24, 2.45) is 5.92 Å². The molecule has 1 fully saturated rings. The maximum atomic E-state index is 13.1. The van der Waals surface area contributed by atoms with E-state index in [1.807, 2.05) is 40.9 Å². The molecule has 3 heterocycles. The summed E-state index contributed by atoms with van der Waals surface area (Å²) >= 11 is 0. The average Bonchev–Trinajstić information content (AvgIpc) is 3.44. The van der Waals surface area contributed by atoms with E-state index in [4.69, 9.17) is 0 Å². The SMILES string of the molecule is O=C(NCc1nnc2ccccn12)C1CCN(S(=O)(=O)c2ccc3c(c2)CCC3)CC1. The summed E-state index contributed by atoms with van der Waals surface area (Å²) in [7, 11) is -3.52. The number of pyridine rings is 1. The molecule has 5 rings (SSSR count). The number of hydrogen-bond donors (Lipinski definition) is 1. The van der Waals surface area contributed by atoms with Gasteiger partial charge >= 0.3 is 0 Å². The second-order valence-electron chi connectivity index (χ2n) is 8.23. The number of carbonyl (C=O) groups is 1. The second kappa shape index (κ2) is 8.05. The van der Waals surface area contributed by atoms with Crippen LogP contribution < -0.4 is 5.32 Å². The number of piperidine rings is 1. The molecule has 0 bridgehead atoms. The Hall–Kier alpha value is -2.78. The van der Waals surface area contributed by atoms with E-state index in [1.54, 1.807) is 6.07 Å². The fourth-order valence-corrected chi connectivity index (χ4v) is 6.06. The fourth-order valence-electron chi connectivity index (χ4n) is 4.54. The molecule has 31 heavy (non-hydrogen) atoms. The first-order chi connectivity index (χ1) is 15.0. The molecule has 1 aliphatic heterocycles. The van der Waals surface area contributed by atoms with E-state index in [9.17, 15) is 13.2 Å². The molecule has 1 aliphatic carbocycles. The van der Waals surface area contributed by atoms with Crippen LogP contribution in [-0.4, -0.2) is 46.3 Å². The normalized spacial score (nSPS) is 17.7. The summed E-state index contributed by atoms with van der Waals surface area (Å²) in [5.74, 6) is 0.397. The molecule has 0 atom stereocenters. The third-order valence-electron chi connectivity index (χ3n) is 6.34. The number of amides is 1. The maximum absolute atomic E-state index is 13.1. The summed E-state index contributed by atoms with van der Waals surface area (Å²) < 4.78 is 29.5. The minimum absolute atomic E-state index is 0.0674. The van der Waals surface area contributed by atoms with Crippen LogP contribution in [0, 0.1) is 5.92 Å². The monoisotopic (exact) mass is 439 g/mol. The lowest BCUT2D eigenvalue weighted by Crippen LogP contribution is -2.43. The topological polar surface area (TPSA) is 96.7 Å². The van der Waals surface area contributed by atoms with E-state index in [1.165, 1.54) is 9.87 Å². The molecule has 1 aromatic carbocycles. The first-order valence-corrected chi connectivity index (χ1v) is 12.1. The van der Waals surface area contributed by atoms with Gasteiger partial charge in [-0.25, -0.2) is 8.42 Å². The molecule has 1 amide bonds. The molecule has 0 spiro atoms. The fraction of sp³-hybridized carbons (Fsp3) is 0.409. The van der Waals surface area contributed by atoms with Gasteiger partial charge in [0.25, 0.3) is 0 Å². The van der Waals surface area contributed by atoms with Crippen LogP contribution in [0.3, 0.4) is 0 Å². The van der Waals surface area contributed by atoms with Gasteiger partial charge in [0.05, 0.1) is 11.4 Å². The van der Waals surface area contributed by atoms with Crippen molar-refractivity contribution in [1.29, 1.82) is 0 Å². The molecule has 2 aliphatic rings. The zero-order chi connectivity index (χ0) is 21.4. The van der Waals surface area contributed by atoms with Crippen LogP contribution in [0.2, 0.25) is 0 Å². The number of hydrogen-bond acceptors (Lipinski definition) is 5. The second-order valence-corrected chi connectivity index (χ2v) is 10.2. The Kier molecular flexibility index (Phi) is 5.23. The predicted molar refractivity (Wildman–Crippen MR) is 115 cm³/mol. The van der Waals surface area contributed by atoms with Crippen molar-refractivity contribution in [2.45, 2.75) is 43.5 Å². The molecule has 3 aromatic rings. The zero-order valence-corrected chi connectivity index (χ0v) is 18.0. The highest BCUT2D eigenvalue weighted by atomic mass is 32.2. The highest BCUT2D eigenvalue weighted by molar-refractivity contribution is 7.89. The van der Waals surface area contributed by atoms with Crippen LogP contribution in [-0.2, 0) is 34.2 Å². The number of aromatic nitrogens is 3. The van der Waals surface area contributed by atoms with Crippen molar-refractivity contribution >= 4 is 21.6 Å². The van der Waals surface area contributed by atoms with E-state index in [2.05, 4.69) is 15.5 Å². The number of sulfonamides is 1. The Balaban J connectivity index is 1.19. The van der Waals surface area contributed by atoms with Gasteiger partial charge in [-0.2, -0.15) is 4.31 Å². The standard InChI is InChI=1S/C22H25N5O3S/c28-22(23-15-21-25-24-20-6-1-2-11-27(20)21)17-9-12-26(13-10-17)31(29,30)19-8-7-16-4-3-5-18(16)14-19/h1-2,6-8,11,14,17H,3-5,9-10,12-13,15H2,(H,23,28). The maximum Gasteiger partial charge on any atom is 0.243 e. The van der Waals surface area contributed by atoms with E-state index in [-0.39, 0.29) is 18.4 Å². The number of benzene rings is 1. The summed E-state index contributed by atoms with van der Waals surface area (Å²) in [5.41, 5.74) is 3.14. The van der Waals surface area contributed by atoms with Crippen molar-refractivity contribution in [3.8, 4) is 0 Å². The smallest absolute Gasteiger partial charge is 0.243 e. The van der Waals surface area contributed by atoms with E-state index in [0.717, 1.165) is 30.5 Å².